The summed E-state index contributed by atoms with van der Waals surface area (Å²) in [6.45, 7) is 3.97. The standard InChI is InChI=1S/C12H19ClN2O2S/c1-3-5-10(4-2)15-18(16,17)12-8-9(13)6-7-11(12)14/h6-8,10,15H,3-5,14H2,1-2H3. The van der Waals surface area contributed by atoms with E-state index >= 15 is 0 Å². The van der Waals surface area contributed by atoms with Gasteiger partial charge in [0.15, 0.2) is 0 Å². The van der Waals surface area contributed by atoms with Crippen molar-refractivity contribution in [1.82, 2.24) is 4.72 Å². The van der Waals surface area contributed by atoms with Crippen molar-refractivity contribution in [3.8, 4) is 0 Å². The molecule has 0 aliphatic rings. The zero-order chi connectivity index (χ0) is 13.8. The van der Waals surface area contributed by atoms with Crippen molar-refractivity contribution in [2.45, 2.75) is 44.0 Å². The highest BCUT2D eigenvalue weighted by Gasteiger charge is 2.21. The number of rotatable bonds is 6. The van der Waals surface area contributed by atoms with E-state index in [0.717, 1.165) is 19.3 Å². The van der Waals surface area contributed by atoms with Crippen LogP contribution in [-0.2, 0) is 10.0 Å². The summed E-state index contributed by atoms with van der Waals surface area (Å²) in [5, 5.41) is 0.355. The Morgan fingerprint density at radius 2 is 2.06 bits per heavy atom. The summed E-state index contributed by atoms with van der Waals surface area (Å²) in [7, 11) is -3.61. The fraction of sp³-hybridized carbons (Fsp3) is 0.500. The van der Waals surface area contributed by atoms with E-state index in [1.807, 2.05) is 13.8 Å². The predicted molar refractivity (Wildman–Crippen MR) is 75.2 cm³/mol. The van der Waals surface area contributed by atoms with Crippen LogP contribution in [0.5, 0.6) is 0 Å². The maximum absolute atomic E-state index is 12.2. The van der Waals surface area contributed by atoms with Crippen LogP contribution < -0.4 is 10.5 Å². The predicted octanol–water partition coefficient (Wildman–Crippen LogP) is 2.78. The molecule has 1 aromatic rings. The topological polar surface area (TPSA) is 72.2 Å². The molecular weight excluding hydrogens is 272 g/mol. The fourth-order valence-electron chi connectivity index (χ4n) is 1.72. The zero-order valence-electron chi connectivity index (χ0n) is 10.6. The molecule has 1 rings (SSSR count). The molecule has 0 aliphatic carbocycles. The van der Waals surface area contributed by atoms with Crippen LogP contribution in [0.3, 0.4) is 0 Å². The molecule has 0 heterocycles. The highest BCUT2D eigenvalue weighted by atomic mass is 35.5. The van der Waals surface area contributed by atoms with Gasteiger partial charge >= 0.3 is 0 Å². The van der Waals surface area contributed by atoms with Gasteiger partial charge in [-0.15, -0.1) is 0 Å². The molecule has 0 bridgehead atoms. The molecule has 1 aromatic carbocycles. The van der Waals surface area contributed by atoms with E-state index in [1.165, 1.54) is 12.1 Å². The Labute approximate surface area is 114 Å². The minimum absolute atomic E-state index is 0.0459. The second-order valence-electron chi connectivity index (χ2n) is 4.20. The average Bonchev–Trinajstić information content (AvgIpc) is 2.31. The van der Waals surface area contributed by atoms with Crippen LogP contribution in [0.4, 0.5) is 5.69 Å². The number of hydrogen-bond acceptors (Lipinski definition) is 3. The van der Waals surface area contributed by atoms with Gasteiger partial charge in [0.1, 0.15) is 4.90 Å². The third-order valence-corrected chi connectivity index (χ3v) is 4.53. The number of nitrogens with two attached hydrogens (primary N) is 1. The molecule has 0 amide bonds. The molecule has 0 spiro atoms. The second kappa shape index (κ2) is 6.41. The van der Waals surface area contributed by atoms with Crippen LogP contribution in [0.25, 0.3) is 0 Å². The maximum Gasteiger partial charge on any atom is 0.242 e. The van der Waals surface area contributed by atoms with Gasteiger partial charge in [0.25, 0.3) is 0 Å². The molecule has 0 fully saturated rings. The number of hydrogen-bond donors (Lipinski definition) is 2. The Morgan fingerprint density at radius 1 is 1.39 bits per heavy atom. The summed E-state index contributed by atoms with van der Waals surface area (Å²) in [6, 6.07) is 4.37. The number of benzene rings is 1. The first-order chi connectivity index (χ1) is 8.40. The summed E-state index contributed by atoms with van der Waals surface area (Å²) in [5.74, 6) is 0. The Bertz CT molecular complexity index is 503. The van der Waals surface area contributed by atoms with Crippen molar-refractivity contribution in [2.75, 3.05) is 5.73 Å². The number of anilines is 1. The average molecular weight is 291 g/mol. The molecule has 0 aromatic heterocycles. The van der Waals surface area contributed by atoms with Gasteiger partial charge in [-0.05, 0) is 31.0 Å². The van der Waals surface area contributed by atoms with E-state index in [1.54, 1.807) is 6.07 Å². The maximum atomic E-state index is 12.2. The quantitative estimate of drug-likeness (QED) is 0.791. The Balaban J connectivity index is 3.02. The molecule has 6 heteroatoms. The molecule has 0 saturated carbocycles. The first kappa shape index (κ1) is 15.3. The minimum Gasteiger partial charge on any atom is -0.398 e. The van der Waals surface area contributed by atoms with E-state index in [0.29, 0.717) is 5.02 Å². The van der Waals surface area contributed by atoms with Crippen LogP contribution in [0.1, 0.15) is 33.1 Å². The molecule has 1 unspecified atom stereocenters. The van der Waals surface area contributed by atoms with Crippen LogP contribution in [0.15, 0.2) is 23.1 Å². The molecule has 0 aliphatic heterocycles. The number of halogens is 1. The summed E-state index contributed by atoms with van der Waals surface area (Å²) >= 11 is 5.81. The minimum atomic E-state index is -3.61. The third-order valence-electron chi connectivity index (χ3n) is 2.72. The summed E-state index contributed by atoms with van der Waals surface area (Å²) < 4.78 is 27.1. The van der Waals surface area contributed by atoms with Crippen molar-refractivity contribution < 1.29 is 8.42 Å². The number of nitrogens with one attached hydrogen (secondary N) is 1. The van der Waals surface area contributed by atoms with Crippen LogP contribution >= 0.6 is 11.6 Å². The highest BCUT2D eigenvalue weighted by molar-refractivity contribution is 7.89. The highest BCUT2D eigenvalue weighted by Crippen LogP contribution is 2.23. The van der Waals surface area contributed by atoms with Crippen molar-refractivity contribution in [3.05, 3.63) is 23.2 Å². The summed E-state index contributed by atoms with van der Waals surface area (Å²) in [4.78, 5) is 0.0459. The normalized spacial score (nSPS) is 13.5. The molecule has 102 valence electrons. The van der Waals surface area contributed by atoms with E-state index in [-0.39, 0.29) is 16.6 Å². The monoisotopic (exact) mass is 290 g/mol. The molecule has 3 N–H and O–H groups in total. The van der Waals surface area contributed by atoms with Crippen molar-refractivity contribution in [2.24, 2.45) is 0 Å². The molecule has 18 heavy (non-hydrogen) atoms. The van der Waals surface area contributed by atoms with Gasteiger partial charge < -0.3 is 5.73 Å². The van der Waals surface area contributed by atoms with Gasteiger partial charge in [0.05, 0.1) is 5.69 Å². The van der Waals surface area contributed by atoms with Crippen LogP contribution in [0.2, 0.25) is 5.02 Å². The molecule has 4 nitrogen and oxygen atoms in total. The Morgan fingerprint density at radius 3 is 2.61 bits per heavy atom. The zero-order valence-corrected chi connectivity index (χ0v) is 12.2. The Kier molecular flexibility index (Phi) is 5.44. The molecule has 0 saturated heterocycles. The lowest BCUT2D eigenvalue weighted by Crippen LogP contribution is -2.34. The van der Waals surface area contributed by atoms with Gasteiger partial charge in [-0.2, -0.15) is 0 Å². The van der Waals surface area contributed by atoms with E-state index in [4.69, 9.17) is 17.3 Å². The molecule has 1 atom stereocenters. The van der Waals surface area contributed by atoms with Crippen molar-refractivity contribution in [1.29, 1.82) is 0 Å². The molecular formula is C12H19ClN2O2S. The lowest BCUT2D eigenvalue weighted by molar-refractivity contribution is 0.512. The smallest absolute Gasteiger partial charge is 0.242 e. The van der Waals surface area contributed by atoms with Gasteiger partial charge in [-0.25, -0.2) is 13.1 Å². The first-order valence-corrected chi connectivity index (χ1v) is 7.84. The summed E-state index contributed by atoms with van der Waals surface area (Å²) in [5.41, 5.74) is 5.90. The van der Waals surface area contributed by atoms with Gasteiger partial charge in [0, 0.05) is 11.1 Å². The number of sulfonamides is 1. The lowest BCUT2D eigenvalue weighted by atomic mass is 10.1. The summed E-state index contributed by atoms with van der Waals surface area (Å²) in [6.07, 6.45) is 2.47. The lowest BCUT2D eigenvalue weighted by Gasteiger charge is -2.17. The SMILES string of the molecule is CCCC(CC)NS(=O)(=O)c1cc(Cl)ccc1N. The van der Waals surface area contributed by atoms with Gasteiger partial charge in [-0.3, -0.25) is 0 Å². The van der Waals surface area contributed by atoms with Crippen LogP contribution in [0, 0.1) is 0 Å². The van der Waals surface area contributed by atoms with E-state index in [2.05, 4.69) is 4.72 Å². The Hall–Kier alpha value is -0.780. The van der Waals surface area contributed by atoms with Crippen molar-refractivity contribution >= 4 is 27.3 Å². The van der Waals surface area contributed by atoms with Crippen molar-refractivity contribution in [3.63, 3.8) is 0 Å². The largest absolute Gasteiger partial charge is 0.398 e. The molecule has 0 radical (unpaired) electrons. The third kappa shape index (κ3) is 3.86. The fourth-order valence-corrected chi connectivity index (χ4v) is 3.47. The van der Waals surface area contributed by atoms with E-state index < -0.39 is 10.0 Å². The van der Waals surface area contributed by atoms with Gasteiger partial charge in [0.2, 0.25) is 10.0 Å². The van der Waals surface area contributed by atoms with Crippen LogP contribution in [-0.4, -0.2) is 14.5 Å². The van der Waals surface area contributed by atoms with Gasteiger partial charge in [-0.1, -0.05) is 31.9 Å². The van der Waals surface area contributed by atoms with E-state index in [9.17, 15) is 8.42 Å². The number of nitrogen functional groups attached to an aromatic ring is 1. The first-order valence-electron chi connectivity index (χ1n) is 5.98. The second-order valence-corrected chi connectivity index (χ2v) is 6.32.